The van der Waals surface area contributed by atoms with Gasteiger partial charge in [0.2, 0.25) is 11.8 Å². The fraction of sp³-hybridized carbons (Fsp3) is 0.579. The Balaban J connectivity index is 1.44. The number of benzene rings is 1. The maximum atomic E-state index is 12.3. The molecule has 1 saturated heterocycles. The van der Waals surface area contributed by atoms with Gasteiger partial charge in [0.1, 0.15) is 5.75 Å². The molecule has 1 heterocycles. The summed E-state index contributed by atoms with van der Waals surface area (Å²) >= 11 is 0. The number of likely N-dealkylation sites (N-methyl/N-ethyl adjacent to an activating group) is 1. The highest BCUT2D eigenvalue weighted by Gasteiger charge is 2.44. The molecule has 0 bridgehead atoms. The number of hydrogen-bond donors (Lipinski definition) is 2. The summed E-state index contributed by atoms with van der Waals surface area (Å²) in [5, 5.41) is 5.85. The number of nitrogens with zero attached hydrogens (tertiary/aromatic N) is 1. The second kappa shape index (κ2) is 7.87. The number of amides is 2. The van der Waals surface area contributed by atoms with Gasteiger partial charge in [0, 0.05) is 25.0 Å². The van der Waals surface area contributed by atoms with Crippen molar-refractivity contribution in [1.82, 2.24) is 15.5 Å². The number of rotatable bonds is 8. The SMILES string of the molecule is CCN1CCNC(=O)[C@H]1CC(=O)NCC1(COc2ccccc2)CC1. The normalized spacial score (nSPS) is 22.1. The van der Waals surface area contributed by atoms with E-state index >= 15 is 0 Å². The van der Waals surface area contributed by atoms with Crippen LogP contribution in [-0.2, 0) is 9.59 Å². The molecule has 2 N–H and O–H groups in total. The summed E-state index contributed by atoms with van der Waals surface area (Å²) in [6.07, 6.45) is 2.34. The third kappa shape index (κ3) is 4.72. The lowest BCUT2D eigenvalue weighted by Crippen LogP contribution is -2.56. The highest BCUT2D eigenvalue weighted by atomic mass is 16.5. The Morgan fingerprint density at radius 1 is 1.36 bits per heavy atom. The maximum Gasteiger partial charge on any atom is 0.237 e. The van der Waals surface area contributed by atoms with Crippen molar-refractivity contribution in [3.8, 4) is 5.75 Å². The highest BCUT2D eigenvalue weighted by Crippen LogP contribution is 2.45. The molecule has 1 atom stereocenters. The number of para-hydroxylation sites is 1. The van der Waals surface area contributed by atoms with Gasteiger partial charge in [-0.3, -0.25) is 14.5 Å². The highest BCUT2D eigenvalue weighted by molar-refractivity contribution is 5.88. The van der Waals surface area contributed by atoms with Crippen LogP contribution in [0.4, 0.5) is 0 Å². The van der Waals surface area contributed by atoms with Crippen molar-refractivity contribution in [2.24, 2.45) is 5.41 Å². The molecule has 2 amide bonds. The van der Waals surface area contributed by atoms with Crippen LogP contribution < -0.4 is 15.4 Å². The summed E-state index contributed by atoms with van der Waals surface area (Å²) in [6.45, 7) is 5.48. The van der Waals surface area contributed by atoms with E-state index in [2.05, 4.69) is 15.5 Å². The average molecular weight is 345 g/mol. The van der Waals surface area contributed by atoms with Crippen molar-refractivity contribution in [1.29, 1.82) is 0 Å². The lowest BCUT2D eigenvalue weighted by atomic mass is 10.1. The molecule has 2 fully saturated rings. The third-order valence-electron chi connectivity index (χ3n) is 5.13. The molecule has 2 aliphatic rings. The second-order valence-electron chi connectivity index (χ2n) is 7.02. The van der Waals surface area contributed by atoms with Gasteiger partial charge in [0.15, 0.2) is 0 Å². The van der Waals surface area contributed by atoms with Gasteiger partial charge in [-0.15, -0.1) is 0 Å². The molecule has 6 nitrogen and oxygen atoms in total. The summed E-state index contributed by atoms with van der Waals surface area (Å²) in [6, 6.07) is 9.39. The molecule has 25 heavy (non-hydrogen) atoms. The first-order chi connectivity index (χ1) is 12.1. The Bertz CT molecular complexity index is 601. The van der Waals surface area contributed by atoms with Crippen LogP contribution in [0.3, 0.4) is 0 Å². The Hall–Kier alpha value is -2.08. The fourth-order valence-corrected chi connectivity index (χ4v) is 3.20. The number of nitrogens with one attached hydrogen (secondary N) is 2. The van der Waals surface area contributed by atoms with Crippen molar-refractivity contribution < 1.29 is 14.3 Å². The summed E-state index contributed by atoms with van der Waals surface area (Å²) in [5.41, 5.74) is 0.0464. The van der Waals surface area contributed by atoms with Crippen LogP contribution in [0.25, 0.3) is 0 Å². The lowest BCUT2D eigenvalue weighted by molar-refractivity contribution is -0.133. The van der Waals surface area contributed by atoms with Crippen molar-refractivity contribution in [2.75, 3.05) is 32.8 Å². The van der Waals surface area contributed by atoms with E-state index in [4.69, 9.17) is 4.74 Å². The summed E-state index contributed by atoms with van der Waals surface area (Å²) in [5.74, 6) is 0.751. The van der Waals surface area contributed by atoms with Gasteiger partial charge in [0.05, 0.1) is 19.1 Å². The Labute approximate surface area is 148 Å². The number of carbonyl (C=O) groups excluding carboxylic acids is 2. The van der Waals surface area contributed by atoms with E-state index in [1.165, 1.54) is 0 Å². The first-order valence-corrected chi connectivity index (χ1v) is 9.08. The van der Waals surface area contributed by atoms with E-state index in [0.29, 0.717) is 19.7 Å². The van der Waals surface area contributed by atoms with Crippen LogP contribution in [0, 0.1) is 5.41 Å². The zero-order valence-corrected chi connectivity index (χ0v) is 14.8. The molecule has 1 aromatic rings. The lowest BCUT2D eigenvalue weighted by Gasteiger charge is -2.33. The van der Waals surface area contributed by atoms with Crippen LogP contribution in [0.1, 0.15) is 26.2 Å². The largest absolute Gasteiger partial charge is 0.493 e. The first kappa shape index (κ1) is 17.7. The Morgan fingerprint density at radius 3 is 2.80 bits per heavy atom. The molecule has 0 unspecified atom stereocenters. The zero-order chi connectivity index (χ0) is 17.7. The summed E-state index contributed by atoms with van der Waals surface area (Å²) in [7, 11) is 0. The third-order valence-corrected chi connectivity index (χ3v) is 5.13. The number of ether oxygens (including phenoxy) is 1. The minimum Gasteiger partial charge on any atom is -0.493 e. The predicted octanol–water partition coefficient (Wildman–Crippen LogP) is 1.17. The van der Waals surface area contributed by atoms with E-state index in [1.807, 2.05) is 37.3 Å². The summed E-state index contributed by atoms with van der Waals surface area (Å²) in [4.78, 5) is 26.4. The van der Waals surface area contributed by atoms with Gasteiger partial charge in [-0.1, -0.05) is 25.1 Å². The maximum absolute atomic E-state index is 12.3. The molecule has 1 saturated carbocycles. The molecule has 136 valence electrons. The summed E-state index contributed by atoms with van der Waals surface area (Å²) < 4.78 is 5.84. The van der Waals surface area contributed by atoms with Gasteiger partial charge in [0.25, 0.3) is 0 Å². The van der Waals surface area contributed by atoms with E-state index in [-0.39, 0.29) is 29.7 Å². The molecule has 1 aliphatic carbocycles. The topological polar surface area (TPSA) is 70.7 Å². The van der Waals surface area contributed by atoms with Crippen molar-refractivity contribution in [3.05, 3.63) is 30.3 Å². The van der Waals surface area contributed by atoms with Crippen LogP contribution in [-0.4, -0.2) is 55.5 Å². The molecule has 1 aliphatic heterocycles. The van der Waals surface area contributed by atoms with E-state index in [1.54, 1.807) is 0 Å². The van der Waals surface area contributed by atoms with Crippen molar-refractivity contribution >= 4 is 11.8 Å². The van der Waals surface area contributed by atoms with E-state index in [0.717, 1.165) is 31.7 Å². The van der Waals surface area contributed by atoms with Crippen molar-refractivity contribution in [3.63, 3.8) is 0 Å². The number of carbonyl (C=O) groups is 2. The molecule has 6 heteroatoms. The van der Waals surface area contributed by atoms with Crippen LogP contribution in [0.5, 0.6) is 5.75 Å². The average Bonchev–Trinajstić information content (AvgIpc) is 3.41. The van der Waals surface area contributed by atoms with Crippen molar-refractivity contribution in [2.45, 2.75) is 32.2 Å². The smallest absolute Gasteiger partial charge is 0.237 e. The van der Waals surface area contributed by atoms with Gasteiger partial charge < -0.3 is 15.4 Å². The molecule has 0 radical (unpaired) electrons. The Kier molecular flexibility index (Phi) is 5.58. The van der Waals surface area contributed by atoms with Gasteiger partial charge in [-0.2, -0.15) is 0 Å². The fourth-order valence-electron chi connectivity index (χ4n) is 3.20. The van der Waals surface area contributed by atoms with E-state index in [9.17, 15) is 9.59 Å². The van der Waals surface area contributed by atoms with Crippen LogP contribution in [0.2, 0.25) is 0 Å². The molecule has 0 spiro atoms. The zero-order valence-electron chi connectivity index (χ0n) is 14.8. The van der Waals surface area contributed by atoms with Gasteiger partial charge in [-0.25, -0.2) is 0 Å². The van der Waals surface area contributed by atoms with Gasteiger partial charge >= 0.3 is 0 Å². The minimum absolute atomic E-state index is 0.0446. The van der Waals surface area contributed by atoms with Crippen LogP contribution in [0.15, 0.2) is 30.3 Å². The van der Waals surface area contributed by atoms with Gasteiger partial charge in [-0.05, 0) is 31.5 Å². The molecule has 1 aromatic carbocycles. The number of hydrogen-bond acceptors (Lipinski definition) is 4. The quantitative estimate of drug-likeness (QED) is 0.742. The predicted molar refractivity (Wildman–Crippen MR) is 95.3 cm³/mol. The first-order valence-electron chi connectivity index (χ1n) is 9.08. The molecule has 3 rings (SSSR count). The standard InChI is InChI=1S/C19H27N3O3/c1-2-22-11-10-20-18(24)16(22)12-17(23)21-13-19(8-9-19)14-25-15-6-4-3-5-7-15/h3-7,16H,2,8-14H2,1H3,(H,20,24)(H,21,23)/t16-/m1/s1. The minimum atomic E-state index is -0.352. The monoisotopic (exact) mass is 345 g/mol. The second-order valence-corrected chi connectivity index (χ2v) is 7.02. The molecule has 0 aromatic heterocycles. The Morgan fingerprint density at radius 2 is 2.12 bits per heavy atom. The molecular weight excluding hydrogens is 318 g/mol. The molecular formula is C19H27N3O3. The van der Waals surface area contributed by atoms with E-state index < -0.39 is 0 Å². The van der Waals surface area contributed by atoms with Crippen LogP contribution >= 0.6 is 0 Å². The number of piperazine rings is 1.